The number of likely N-dealkylation sites (tertiary alicyclic amines) is 1. The Labute approximate surface area is 121 Å². The number of aryl methyl sites for hydroxylation is 1. The van der Waals surface area contributed by atoms with E-state index >= 15 is 0 Å². The van der Waals surface area contributed by atoms with Gasteiger partial charge < -0.3 is 15.7 Å². The minimum absolute atomic E-state index is 0.0686. The summed E-state index contributed by atoms with van der Waals surface area (Å²) in [5.74, 6) is -0.0686. The molecule has 1 amide bonds. The third kappa shape index (κ3) is 2.07. The first-order valence-corrected chi connectivity index (χ1v) is 7.50. The van der Waals surface area contributed by atoms with Crippen molar-refractivity contribution in [3.05, 3.63) is 28.6 Å². The summed E-state index contributed by atoms with van der Waals surface area (Å²) in [5.41, 5.74) is 7.06. The number of rotatable bonds is 1. The summed E-state index contributed by atoms with van der Waals surface area (Å²) in [6.07, 6.45) is 0.614. The summed E-state index contributed by atoms with van der Waals surface area (Å²) in [6, 6.07) is 5.92. The van der Waals surface area contributed by atoms with Gasteiger partial charge in [-0.25, -0.2) is 0 Å². The second kappa shape index (κ2) is 4.46. The Morgan fingerprint density at radius 1 is 1.50 bits per heavy atom. The molecule has 5 heteroatoms. The number of aliphatic hydroxyl groups is 1. The lowest BCUT2D eigenvalue weighted by Crippen LogP contribution is -2.33. The maximum atomic E-state index is 12.6. The molecule has 3 rings (SSSR count). The molecule has 1 aliphatic heterocycles. The second-order valence-electron chi connectivity index (χ2n) is 5.77. The van der Waals surface area contributed by atoms with E-state index in [1.807, 2.05) is 25.1 Å². The van der Waals surface area contributed by atoms with Crippen molar-refractivity contribution < 1.29 is 9.90 Å². The zero-order valence-electron chi connectivity index (χ0n) is 11.6. The van der Waals surface area contributed by atoms with Crippen LogP contribution in [0.1, 0.15) is 28.6 Å². The fourth-order valence-electron chi connectivity index (χ4n) is 2.70. The maximum absolute atomic E-state index is 12.6. The number of benzene rings is 1. The lowest BCUT2D eigenvalue weighted by molar-refractivity contribution is 0.0575. The highest BCUT2D eigenvalue weighted by Gasteiger charge is 2.35. The van der Waals surface area contributed by atoms with Crippen molar-refractivity contribution in [1.82, 2.24) is 4.90 Å². The van der Waals surface area contributed by atoms with Crippen LogP contribution in [0, 0.1) is 6.92 Å². The van der Waals surface area contributed by atoms with Crippen molar-refractivity contribution in [3.63, 3.8) is 0 Å². The molecule has 0 spiro atoms. The van der Waals surface area contributed by atoms with Crippen molar-refractivity contribution in [2.45, 2.75) is 25.9 Å². The van der Waals surface area contributed by atoms with Crippen LogP contribution in [0.3, 0.4) is 0 Å². The van der Waals surface area contributed by atoms with Crippen LogP contribution < -0.4 is 5.73 Å². The summed E-state index contributed by atoms with van der Waals surface area (Å²) >= 11 is 1.45. The van der Waals surface area contributed by atoms with Crippen LogP contribution in [0.5, 0.6) is 0 Å². The Morgan fingerprint density at radius 3 is 2.85 bits per heavy atom. The molecule has 4 nitrogen and oxygen atoms in total. The van der Waals surface area contributed by atoms with Gasteiger partial charge in [-0.1, -0.05) is 18.2 Å². The van der Waals surface area contributed by atoms with Gasteiger partial charge in [-0.2, -0.15) is 0 Å². The summed E-state index contributed by atoms with van der Waals surface area (Å²) < 4.78 is 1.07. The predicted molar refractivity (Wildman–Crippen MR) is 82.1 cm³/mol. The molecule has 20 heavy (non-hydrogen) atoms. The van der Waals surface area contributed by atoms with E-state index in [1.54, 1.807) is 11.8 Å². The van der Waals surface area contributed by atoms with Gasteiger partial charge in [-0.3, -0.25) is 4.79 Å². The molecule has 2 heterocycles. The molecule has 0 radical (unpaired) electrons. The van der Waals surface area contributed by atoms with Crippen LogP contribution in [-0.4, -0.2) is 34.6 Å². The lowest BCUT2D eigenvalue weighted by Gasteiger charge is -2.18. The normalized spacial score (nSPS) is 22.6. The number of nitrogens with two attached hydrogens (primary N) is 1. The van der Waals surface area contributed by atoms with Crippen LogP contribution in [0.25, 0.3) is 10.1 Å². The molecule has 106 valence electrons. The summed E-state index contributed by atoms with van der Waals surface area (Å²) in [5, 5.41) is 10.9. The summed E-state index contributed by atoms with van der Waals surface area (Å²) in [7, 11) is 0. The van der Waals surface area contributed by atoms with E-state index in [4.69, 9.17) is 5.73 Å². The monoisotopic (exact) mass is 290 g/mol. The van der Waals surface area contributed by atoms with E-state index in [9.17, 15) is 9.90 Å². The SMILES string of the molecule is Cc1cccc2c(N)c(C(=O)N3CCC(C)(O)C3)sc12. The van der Waals surface area contributed by atoms with Gasteiger partial charge in [0.25, 0.3) is 5.91 Å². The molecule has 0 saturated carbocycles. The second-order valence-corrected chi connectivity index (χ2v) is 6.79. The van der Waals surface area contributed by atoms with E-state index in [1.165, 1.54) is 11.3 Å². The molecular weight excluding hydrogens is 272 g/mol. The van der Waals surface area contributed by atoms with Crippen LogP contribution in [-0.2, 0) is 0 Å². The standard InChI is InChI=1S/C15H18N2O2S/c1-9-4-3-5-10-11(16)13(20-12(9)10)14(18)17-7-6-15(2,19)8-17/h3-5,19H,6-8,16H2,1-2H3. The van der Waals surface area contributed by atoms with E-state index in [-0.39, 0.29) is 5.91 Å². The molecule has 1 aromatic carbocycles. The number of amides is 1. The van der Waals surface area contributed by atoms with E-state index in [0.717, 1.165) is 15.6 Å². The number of nitrogen functional groups attached to an aromatic ring is 1. The van der Waals surface area contributed by atoms with Gasteiger partial charge in [0.1, 0.15) is 4.88 Å². The fraction of sp³-hybridized carbons (Fsp3) is 0.400. The number of carbonyl (C=O) groups is 1. The van der Waals surface area contributed by atoms with E-state index < -0.39 is 5.60 Å². The average Bonchev–Trinajstić information content (AvgIpc) is 2.91. The largest absolute Gasteiger partial charge is 0.397 e. The summed E-state index contributed by atoms with van der Waals surface area (Å²) in [6.45, 7) is 4.74. The van der Waals surface area contributed by atoms with E-state index in [0.29, 0.717) is 30.1 Å². The third-order valence-corrected chi connectivity index (χ3v) is 5.23. The van der Waals surface area contributed by atoms with Gasteiger partial charge in [0.2, 0.25) is 0 Å². The number of β-amino-alcohol motifs (C(OH)–C–C–N with tert-alkyl or cyclic N) is 1. The topological polar surface area (TPSA) is 66.6 Å². The Balaban J connectivity index is 2.01. The number of anilines is 1. The first-order valence-electron chi connectivity index (χ1n) is 6.68. The highest BCUT2D eigenvalue weighted by atomic mass is 32.1. The van der Waals surface area contributed by atoms with Crippen LogP contribution >= 0.6 is 11.3 Å². The molecule has 1 fully saturated rings. The molecular formula is C15H18N2O2S. The van der Waals surface area contributed by atoms with Gasteiger partial charge in [0, 0.05) is 23.2 Å². The molecule has 0 aliphatic carbocycles. The molecule has 1 aromatic heterocycles. The smallest absolute Gasteiger partial charge is 0.266 e. The molecule has 1 unspecified atom stereocenters. The predicted octanol–water partition coefficient (Wildman–Crippen LogP) is 2.39. The molecule has 1 saturated heterocycles. The van der Waals surface area contributed by atoms with Crippen molar-refractivity contribution in [2.24, 2.45) is 0 Å². The first-order chi connectivity index (χ1) is 9.39. The average molecular weight is 290 g/mol. The van der Waals surface area contributed by atoms with Crippen molar-refractivity contribution in [1.29, 1.82) is 0 Å². The quantitative estimate of drug-likeness (QED) is 0.847. The van der Waals surface area contributed by atoms with Gasteiger partial charge in [-0.05, 0) is 25.8 Å². The van der Waals surface area contributed by atoms with E-state index in [2.05, 4.69) is 0 Å². The number of fused-ring (bicyclic) bond motifs is 1. The Hall–Kier alpha value is -1.59. The Morgan fingerprint density at radius 2 is 2.25 bits per heavy atom. The third-order valence-electron chi connectivity index (χ3n) is 3.88. The van der Waals surface area contributed by atoms with Crippen LogP contribution in [0.15, 0.2) is 18.2 Å². The van der Waals surface area contributed by atoms with Crippen molar-refractivity contribution in [3.8, 4) is 0 Å². The Bertz CT molecular complexity index is 690. The number of thiophene rings is 1. The Kier molecular flexibility index (Phi) is 2.99. The molecule has 1 atom stereocenters. The summed E-state index contributed by atoms with van der Waals surface area (Å²) in [4.78, 5) is 14.9. The minimum atomic E-state index is -0.781. The van der Waals surface area contributed by atoms with Crippen molar-refractivity contribution in [2.75, 3.05) is 18.8 Å². The molecule has 2 aromatic rings. The molecule has 3 N–H and O–H groups in total. The van der Waals surface area contributed by atoms with Crippen molar-refractivity contribution >= 4 is 33.0 Å². The molecule has 0 bridgehead atoms. The van der Waals surface area contributed by atoms with Crippen LogP contribution in [0.2, 0.25) is 0 Å². The highest BCUT2D eigenvalue weighted by molar-refractivity contribution is 7.21. The van der Waals surface area contributed by atoms with Crippen LogP contribution in [0.4, 0.5) is 5.69 Å². The maximum Gasteiger partial charge on any atom is 0.266 e. The van der Waals surface area contributed by atoms with Gasteiger partial charge in [-0.15, -0.1) is 11.3 Å². The van der Waals surface area contributed by atoms with Gasteiger partial charge in [0.15, 0.2) is 0 Å². The zero-order valence-corrected chi connectivity index (χ0v) is 12.5. The van der Waals surface area contributed by atoms with Gasteiger partial charge in [0.05, 0.1) is 11.3 Å². The highest BCUT2D eigenvalue weighted by Crippen LogP contribution is 2.37. The number of nitrogens with zero attached hydrogens (tertiary/aromatic N) is 1. The fourth-order valence-corrected chi connectivity index (χ4v) is 3.86. The lowest BCUT2D eigenvalue weighted by atomic mass is 10.1. The number of hydrogen-bond acceptors (Lipinski definition) is 4. The number of carbonyl (C=O) groups excluding carboxylic acids is 1. The first kappa shape index (κ1) is 13.4. The zero-order chi connectivity index (χ0) is 14.5. The molecule has 1 aliphatic rings. The number of hydrogen-bond donors (Lipinski definition) is 2. The van der Waals surface area contributed by atoms with Gasteiger partial charge >= 0.3 is 0 Å². The minimum Gasteiger partial charge on any atom is -0.397 e.